The van der Waals surface area contributed by atoms with E-state index >= 15 is 0 Å². The van der Waals surface area contributed by atoms with Gasteiger partial charge in [-0.1, -0.05) is 6.92 Å². The zero-order valence-electron chi connectivity index (χ0n) is 11.6. The van der Waals surface area contributed by atoms with Gasteiger partial charge in [0.15, 0.2) is 11.6 Å². The molecule has 1 unspecified atom stereocenters. The number of hydrogen-bond acceptors (Lipinski definition) is 4. The normalized spacial score (nSPS) is 20.4. The van der Waals surface area contributed by atoms with E-state index in [1.165, 1.54) is 5.56 Å². The smallest absolute Gasteiger partial charge is 0.164 e. The molecule has 20 heavy (non-hydrogen) atoms. The third kappa shape index (κ3) is 1.73. The van der Waals surface area contributed by atoms with Crippen LogP contribution in [0, 0.1) is 0 Å². The number of rotatable bonds is 2. The fourth-order valence-corrected chi connectivity index (χ4v) is 3.10. The Morgan fingerprint density at radius 3 is 3.25 bits per heavy atom. The number of aromatic nitrogens is 3. The molecule has 0 radical (unpaired) electrons. The first kappa shape index (κ1) is 11.9. The van der Waals surface area contributed by atoms with Gasteiger partial charge in [0.2, 0.25) is 0 Å². The highest BCUT2D eigenvalue weighted by molar-refractivity contribution is 5.60. The first-order chi connectivity index (χ1) is 9.86. The summed E-state index contributed by atoms with van der Waals surface area (Å²) in [6, 6.07) is 6.66. The molecule has 1 aromatic heterocycles. The van der Waals surface area contributed by atoms with Crippen molar-refractivity contribution in [3.8, 4) is 17.1 Å². The van der Waals surface area contributed by atoms with Crippen LogP contribution in [0.1, 0.15) is 30.8 Å². The maximum atomic E-state index is 5.57. The molecule has 2 aromatic rings. The van der Waals surface area contributed by atoms with Crippen molar-refractivity contribution in [1.82, 2.24) is 20.1 Å². The lowest BCUT2D eigenvalue weighted by molar-refractivity contribution is 0.357. The number of fused-ring (bicyclic) bond motifs is 2. The van der Waals surface area contributed by atoms with Crippen LogP contribution >= 0.6 is 0 Å². The molecule has 3 heterocycles. The van der Waals surface area contributed by atoms with Gasteiger partial charge in [-0.2, -0.15) is 0 Å². The SMILES string of the molecule is CCC1NCCn2c(-c3ccc4c(c3)CCO4)nnc21. The first-order valence-electron chi connectivity index (χ1n) is 7.29. The highest BCUT2D eigenvalue weighted by Crippen LogP contribution is 2.31. The maximum Gasteiger partial charge on any atom is 0.164 e. The van der Waals surface area contributed by atoms with Crippen molar-refractivity contribution >= 4 is 0 Å². The monoisotopic (exact) mass is 270 g/mol. The fourth-order valence-electron chi connectivity index (χ4n) is 3.10. The summed E-state index contributed by atoms with van der Waals surface area (Å²) in [5.41, 5.74) is 2.42. The molecule has 0 bridgehead atoms. The lowest BCUT2D eigenvalue weighted by Crippen LogP contribution is -2.33. The van der Waals surface area contributed by atoms with E-state index < -0.39 is 0 Å². The van der Waals surface area contributed by atoms with E-state index in [-0.39, 0.29) is 0 Å². The molecule has 0 spiro atoms. The zero-order chi connectivity index (χ0) is 13.5. The van der Waals surface area contributed by atoms with Gasteiger partial charge in [0, 0.05) is 25.1 Å². The van der Waals surface area contributed by atoms with Gasteiger partial charge in [-0.15, -0.1) is 10.2 Å². The van der Waals surface area contributed by atoms with E-state index in [1.54, 1.807) is 0 Å². The van der Waals surface area contributed by atoms with Crippen LogP contribution in [0.3, 0.4) is 0 Å². The second-order valence-corrected chi connectivity index (χ2v) is 5.37. The summed E-state index contributed by atoms with van der Waals surface area (Å²) in [6.07, 6.45) is 2.03. The predicted octanol–water partition coefficient (Wildman–Crippen LogP) is 1.93. The number of benzene rings is 1. The molecule has 1 aromatic carbocycles. The fraction of sp³-hybridized carbons (Fsp3) is 0.467. The van der Waals surface area contributed by atoms with Gasteiger partial charge < -0.3 is 14.6 Å². The molecule has 2 aliphatic rings. The van der Waals surface area contributed by atoms with Crippen LogP contribution in [0.15, 0.2) is 18.2 Å². The Labute approximate surface area is 118 Å². The summed E-state index contributed by atoms with van der Waals surface area (Å²) < 4.78 is 7.82. The Morgan fingerprint density at radius 1 is 1.40 bits per heavy atom. The molecule has 0 aliphatic carbocycles. The third-order valence-corrected chi connectivity index (χ3v) is 4.17. The zero-order valence-corrected chi connectivity index (χ0v) is 11.6. The highest BCUT2D eigenvalue weighted by atomic mass is 16.5. The second kappa shape index (κ2) is 4.59. The minimum Gasteiger partial charge on any atom is -0.493 e. The third-order valence-electron chi connectivity index (χ3n) is 4.17. The molecule has 2 aliphatic heterocycles. The molecular formula is C15H18N4O. The van der Waals surface area contributed by atoms with Crippen molar-refractivity contribution in [2.45, 2.75) is 32.4 Å². The van der Waals surface area contributed by atoms with Crippen LogP contribution < -0.4 is 10.1 Å². The molecule has 5 nitrogen and oxygen atoms in total. The van der Waals surface area contributed by atoms with Crippen molar-refractivity contribution in [3.63, 3.8) is 0 Å². The number of nitrogens with one attached hydrogen (secondary N) is 1. The van der Waals surface area contributed by atoms with Crippen LogP contribution in [0.25, 0.3) is 11.4 Å². The molecule has 0 fully saturated rings. The first-order valence-corrected chi connectivity index (χ1v) is 7.29. The van der Waals surface area contributed by atoms with Gasteiger partial charge in [-0.05, 0) is 30.2 Å². The van der Waals surface area contributed by atoms with E-state index in [0.717, 1.165) is 55.5 Å². The lowest BCUT2D eigenvalue weighted by atomic mass is 10.1. The molecule has 0 saturated heterocycles. The molecule has 0 amide bonds. The minimum atomic E-state index is 0.322. The molecule has 4 rings (SSSR count). The topological polar surface area (TPSA) is 52.0 Å². The standard InChI is InChI=1S/C15H18N4O/c1-2-12-15-18-17-14(19(15)7-6-16-12)11-3-4-13-10(9-11)5-8-20-13/h3-4,9,12,16H,2,5-8H2,1H3. The number of nitrogens with zero attached hydrogens (tertiary/aromatic N) is 3. The lowest BCUT2D eigenvalue weighted by Gasteiger charge is -2.24. The van der Waals surface area contributed by atoms with Gasteiger partial charge in [0.1, 0.15) is 5.75 Å². The van der Waals surface area contributed by atoms with E-state index in [2.05, 4.69) is 45.2 Å². The van der Waals surface area contributed by atoms with Crippen molar-refractivity contribution in [1.29, 1.82) is 0 Å². The highest BCUT2D eigenvalue weighted by Gasteiger charge is 2.24. The molecule has 0 saturated carbocycles. The maximum absolute atomic E-state index is 5.57. The molecule has 104 valence electrons. The summed E-state index contributed by atoms with van der Waals surface area (Å²) >= 11 is 0. The minimum absolute atomic E-state index is 0.322. The van der Waals surface area contributed by atoms with Gasteiger partial charge in [0.05, 0.1) is 12.6 Å². The summed E-state index contributed by atoms with van der Waals surface area (Å²) in [4.78, 5) is 0. The summed E-state index contributed by atoms with van der Waals surface area (Å²) in [5.74, 6) is 3.06. The number of ether oxygens (including phenoxy) is 1. The number of hydrogen-bond donors (Lipinski definition) is 1. The van der Waals surface area contributed by atoms with Gasteiger partial charge in [-0.25, -0.2) is 0 Å². The average molecular weight is 270 g/mol. The van der Waals surface area contributed by atoms with Gasteiger partial charge in [0.25, 0.3) is 0 Å². The average Bonchev–Trinajstić information content (AvgIpc) is 3.12. The van der Waals surface area contributed by atoms with Crippen molar-refractivity contribution < 1.29 is 4.74 Å². The van der Waals surface area contributed by atoms with Crippen molar-refractivity contribution in [2.75, 3.05) is 13.2 Å². The van der Waals surface area contributed by atoms with Crippen LogP contribution in [-0.4, -0.2) is 27.9 Å². The summed E-state index contributed by atoms with van der Waals surface area (Å²) in [7, 11) is 0. The van der Waals surface area contributed by atoms with Crippen LogP contribution in [0.5, 0.6) is 5.75 Å². The van der Waals surface area contributed by atoms with E-state index in [1.807, 2.05) is 0 Å². The Hall–Kier alpha value is -1.88. The Balaban J connectivity index is 1.78. The second-order valence-electron chi connectivity index (χ2n) is 5.37. The molecular weight excluding hydrogens is 252 g/mol. The molecule has 5 heteroatoms. The van der Waals surface area contributed by atoms with Crippen LogP contribution in [0.2, 0.25) is 0 Å². The largest absolute Gasteiger partial charge is 0.493 e. The van der Waals surface area contributed by atoms with Gasteiger partial charge >= 0.3 is 0 Å². The quantitative estimate of drug-likeness (QED) is 0.906. The predicted molar refractivity (Wildman–Crippen MR) is 75.7 cm³/mol. The molecule has 1 N–H and O–H groups in total. The van der Waals surface area contributed by atoms with Gasteiger partial charge in [-0.3, -0.25) is 0 Å². The van der Waals surface area contributed by atoms with Crippen molar-refractivity contribution in [2.24, 2.45) is 0 Å². The summed E-state index contributed by atoms with van der Waals surface area (Å²) in [6.45, 7) is 4.87. The Bertz CT molecular complexity index is 649. The Kier molecular flexibility index (Phi) is 2.73. The molecule has 1 atom stereocenters. The van der Waals surface area contributed by atoms with Crippen LogP contribution in [0.4, 0.5) is 0 Å². The van der Waals surface area contributed by atoms with Crippen molar-refractivity contribution in [3.05, 3.63) is 29.6 Å². The van der Waals surface area contributed by atoms with E-state index in [0.29, 0.717) is 6.04 Å². The summed E-state index contributed by atoms with van der Waals surface area (Å²) in [5, 5.41) is 12.3. The van der Waals surface area contributed by atoms with E-state index in [9.17, 15) is 0 Å². The Morgan fingerprint density at radius 2 is 2.35 bits per heavy atom. The van der Waals surface area contributed by atoms with E-state index in [4.69, 9.17) is 4.74 Å². The van der Waals surface area contributed by atoms with Crippen LogP contribution in [-0.2, 0) is 13.0 Å².